The highest BCUT2D eigenvalue weighted by molar-refractivity contribution is 7.92. The molecule has 18 heavy (non-hydrogen) atoms. The zero-order valence-corrected chi connectivity index (χ0v) is 10.6. The van der Waals surface area contributed by atoms with Crippen LogP contribution in [-0.2, 0) is 9.84 Å². The van der Waals surface area contributed by atoms with Gasteiger partial charge in [0.05, 0.1) is 22.2 Å². The summed E-state index contributed by atoms with van der Waals surface area (Å²) in [4.78, 5) is 10.2. The number of rotatable bonds is 4. The molecule has 0 aromatic heterocycles. The highest BCUT2D eigenvalue weighted by Crippen LogP contribution is 2.35. The Kier molecular flexibility index (Phi) is 3.25. The maximum absolute atomic E-state index is 12.1. The zero-order chi connectivity index (χ0) is 13.3. The first kappa shape index (κ1) is 12.8. The number of hydrogen-bond acceptors (Lipinski definition) is 5. The fourth-order valence-electron chi connectivity index (χ4n) is 1.86. The van der Waals surface area contributed by atoms with Crippen LogP contribution < -0.4 is 4.74 Å². The lowest BCUT2D eigenvalue weighted by atomic mass is 10.00. The molecule has 0 N–H and O–H groups in total. The van der Waals surface area contributed by atoms with Gasteiger partial charge in [0.25, 0.3) is 0 Å². The third-order valence-corrected chi connectivity index (χ3v) is 5.43. The molecule has 1 aromatic rings. The van der Waals surface area contributed by atoms with E-state index < -0.39 is 20.0 Å². The van der Waals surface area contributed by atoms with Crippen LogP contribution >= 0.6 is 0 Å². The van der Waals surface area contributed by atoms with Gasteiger partial charge in [-0.3, -0.25) is 10.1 Å². The van der Waals surface area contributed by atoms with Crippen molar-refractivity contribution in [1.29, 1.82) is 0 Å². The van der Waals surface area contributed by atoms with Crippen molar-refractivity contribution < 1.29 is 18.1 Å². The first-order chi connectivity index (χ1) is 8.46. The van der Waals surface area contributed by atoms with Crippen LogP contribution in [0.3, 0.4) is 0 Å². The Morgan fingerprint density at radius 1 is 1.39 bits per heavy atom. The second kappa shape index (κ2) is 4.56. The van der Waals surface area contributed by atoms with Crippen LogP contribution in [0.25, 0.3) is 0 Å². The van der Waals surface area contributed by atoms with Crippen LogP contribution in [-0.4, -0.2) is 25.7 Å². The van der Waals surface area contributed by atoms with Gasteiger partial charge in [0.2, 0.25) is 0 Å². The van der Waals surface area contributed by atoms with Gasteiger partial charge in [-0.25, -0.2) is 8.42 Å². The highest BCUT2D eigenvalue weighted by atomic mass is 32.2. The summed E-state index contributed by atoms with van der Waals surface area (Å²) < 4.78 is 29.1. The lowest BCUT2D eigenvalue weighted by molar-refractivity contribution is -0.386. The van der Waals surface area contributed by atoms with Crippen LogP contribution in [0, 0.1) is 10.1 Å². The van der Waals surface area contributed by atoms with E-state index in [0.29, 0.717) is 12.8 Å². The van der Waals surface area contributed by atoms with Gasteiger partial charge in [0.1, 0.15) is 0 Å². The fourth-order valence-corrected chi connectivity index (χ4v) is 3.74. The highest BCUT2D eigenvalue weighted by Gasteiger charge is 2.34. The molecule has 0 radical (unpaired) electrons. The topological polar surface area (TPSA) is 86.5 Å². The number of nitrogens with zero attached hydrogens (tertiary/aromatic N) is 1. The summed E-state index contributed by atoms with van der Waals surface area (Å²) in [6.07, 6.45) is 2.15. The summed E-state index contributed by atoms with van der Waals surface area (Å²) >= 11 is 0. The second-order valence-electron chi connectivity index (χ2n) is 4.19. The first-order valence-electron chi connectivity index (χ1n) is 5.53. The van der Waals surface area contributed by atoms with Crippen molar-refractivity contribution in [3.8, 4) is 5.75 Å². The Morgan fingerprint density at radius 2 is 2.06 bits per heavy atom. The summed E-state index contributed by atoms with van der Waals surface area (Å²) in [7, 11) is -2.14. The number of nitro benzene ring substituents is 1. The van der Waals surface area contributed by atoms with Crippen molar-refractivity contribution >= 4 is 15.5 Å². The van der Waals surface area contributed by atoms with Gasteiger partial charge < -0.3 is 4.74 Å². The molecule has 7 heteroatoms. The van der Waals surface area contributed by atoms with Crippen molar-refractivity contribution in [1.82, 2.24) is 0 Å². The van der Waals surface area contributed by atoms with Crippen molar-refractivity contribution in [2.45, 2.75) is 29.4 Å². The number of ether oxygens (including phenoxy) is 1. The van der Waals surface area contributed by atoms with Gasteiger partial charge in [0, 0.05) is 6.07 Å². The molecule has 6 nitrogen and oxygen atoms in total. The first-order valence-corrected chi connectivity index (χ1v) is 7.08. The minimum Gasteiger partial charge on any atom is -0.490 e. The molecule has 98 valence electrons. The van der Waals surface area contributed by atoms with Crippen molar-refractivity contribution in [3.63, 3.8) is 0 Å². The Bertz CT molecular complexity index is 577. The Balaban J connectivity index is 2.46. The molecule has 1 saturated carbocycles. The third-order valence-electron chi connectivity index (χ3n) is 3.17. The van der Waals surface area contributed by atoms with E-state index in [9.17, 15) is 18.5 Å². The van der Waals surface area contributed by atoms with E-state index in [4.69, 9.17) is 4.74 Å². The van der Waals surface area contributed by atoms with Gasteiger partial charge in [-0.2, -0.15) is 0 Å². The maximum Gasteiger partial charge on any atom is 0.312 e. The molecule has 0 bridgehead atoms. The average Bonchev–Trinajstić information content (AvgIpc) is 2.25. The number of benzene rings is 1. The summed E-state index contributed by atoms with van der Waals surface area (Å²) in [6, 6.07) is 3.76. The quantitative estimate of drug-likeness (QED) is 0.617. The molecule has 0 heterocycles. The summed E-state index contributed by atoms with van der Waals surface area (Å²) in [5, 5.41) is 10.4. The molecule has 0 aliphatic heterocycles. The SMILES string of the molecule is COc1ccc(S(=O)(=O)C2CCC2)cc1[N+](=O)[O-]. The van der Waals surface area contributed by atoms with E-state index in [1.165, 1.54) is 19.2 Å². The molecule has 0 atom stereocenters. The summed E-state index contributed by atoms with van der Waals surface area (Å²) in [5.41, 5.74) is -0.321. The molecule has 0 unspecified atom stereocenters. The molecule has 2 rings (SSSR count). The number of methoxy groups -OCH3 is 1. The van der Waals surface area contributed by atoms with E-state index in [2.05, 4.69) is 0 Å². The normalized spacial score (nSPS) is 16.1. The second-order valence-corrected chi connectivity index (χ2v) is 6.42. The van der Waals surface area contributed by atoms with Gasteiger partial charge in [-0.15, -0.1) is 0 Å². The summed E-state index contributed by atoms with van der Waals surface area (Å²) in [5.74, 6) is 0.0626. The Labute approximate surface area is 105 Å². The van der Waals surface area contributed by atoms with Crippen LogP contribution in [0.5, 0.6) is 5.75 Å². The van der Waals surface area contributed by atoms with Crippen LogP contribution in [0.4, 0.5) is 5.69 Å². The van der Waals surface area contributed by atoms with E-state index in [1.54, 1.807) is 0 Å². The fraction of sp³-hybridized carbons (Fsp3) is 0.455. The molecule has 1 fully saturated rings. The maximum atomic E-state index is 12.1. The van der Waals surface area contributed by atoms with Crippen molar-refractivity contribution in [3.05, 3.63) is 28.3 Å². The van der Waals surface area contributed by atoms with Crippen molar-refractivity contribution in [2.75, 3.05) is 7.11 Å². The van der Waals surface area contributed by atoms with Crippen LogP contribution in [0.2, 0.25) is 0 Å². The standard InChI is InChI=1S/C11H13NO5S/c1-17-11-6-5-9(7-10(11)12(13)14)18(15,16)8-3-2-4-8/h5-8H,2-4H2,1H3. The molecule has 0 amide bonds. The number of nitro groups is 1. The molecular formula is C11H13NO5S. The van der Waals surface area contributed by atoms with E-state index >= 15 is 0 Å². The Morgan fingerprint density at radius 3 is 2.50 bits per heavy atom. The molecule has 0 saturated heterocycles. The third kappa shape index (κ3) is 2.05. The predicted octanol–water partition coefficient (Wildman–Crippen LogP) is 1.93. The van der Waals surface area contributed by atoms with Gasteiger partial charge in [-0.05, 0) is 25.0 Å². The minimum atomic E-state index is -3.44. The molecule has 1 aliphatic rings. The van der Waals surface area contributed by atoms with Gasteiger partial charge in [-0.1, -0.05) is 6.42 Å². The van der Waals surface area contributed by atoms with Gasteiger partial charge in [0.15, 0.2) is 15.6 Å². The van der Waals surface area contributed by atoms with Gasteiger partial charge >= 0.3 is 5.69 Å². The molecule has 1 aliphatic carbocycles. The van der Waals surface area contributed by atoms with E-state index in [0.717, 1.165) is 12.5 Å². The predicted molar refractivity (Wildman–Crippen MR) is 64.5 cm³/mol. The average molecular weight is 271 g/mol. The van der Waals surface area contributed by atoms with E-state index in [-0.39, 0.29) is 16.3 Å². The zero-order valence-electron chi connectivity index (χ0n) is 9.83. The lowest BCUT2D eigenvalue weighted by Crippen LogP contribution is -2.28. The lowest BCUT2D eigenvalue weighted by Gasteiger charge is -2.25. The minimum absolute atomic E-state index is 0.000278. The molecule has 1 aromatic carbocycles. The summed E-state index contributed by atoms with van der Waals surface area (Å²) in [6.45, 7) is 0. The van der Waals surface area contributed by atoms with Crippen molar-refractivity contribution in [2.24, 2.45) is 0 Å². The van der Waals surface area contributed by atoms with Crippen LogP contribution in [0.15, 0.2) is 23.1 Å². The smallest absolute Gasteiger partial charge is 0.312 e. The van der Waals surface area contributed by atoms with Crippen LogP contribution in [0.1, 0.15) is 19.3 Å². The van der Waals surface area contributed by atoms with E-state index in [1.807, 2.05) is 0 Å². The molecule has 0 spiro atoms. The number of hydrogen-bond donors (Lipinski definition) is 0. The Hall–Kier alpha value is -1.63. The molecular weight excluding hydrogens is 258 g/mol. The largest absolute Gasteiger partial charge is 0.490 e. The number of sulfone groups is 1. The monoisotopic (exact) mass is 271 g/mol.